The molecule has 2 rings (SSSR count). The Bertz CT molecular complexity index is 405. The minimum Gasteiger partial charge on any atom is -0.381 e. The molecule has 17 heavy (non-hydrogen) atoms. The lowest BCUT2D eigenvalue weighted by Crippen LogP contribution is -2.25. The van der Waals surface area contributed by atoms with Crippen LogP contribution in [0.25, 0.3) is 0 Å². The van der Waals surface area contributed by atoms with Gasteiger partial charge in [-0.05, 0) is 30.5 Å². The smallest absolute Gasteiger partial charge is 0.184 e. The molecule has 0 spiro atoms. The zero-order valence-electron chi connectivity index (χ0n) is 10.2. The zero-order valence-corrected chi connectivity index (χ0v) is 10.2. The van der Waals surface area contributed by atoms with Crippen LogP contribution >= 0.6 is 0 Å². The molecule has 0 bridgehead atoms. The summed E-state index contributed by atoms with van der Waals surface area (Å²) in [7, 11) is 0. The molecule has 90 valence electrons. The SMILES string of the molecule is CCc1cccc(N(C#N)CC2CCOC2)c1. The molecule has 0 radical (unpaired) electrons. The predicted octanol–water partition coefficient (Wildman–Crippen LogP) is 2.57. The van der Waals surface area contributed by atoms with E-state index in [2.05, 4.69) is 25.2 Å². The van der Waals surface area contributed by atoms with E-state index in [1.54, 1.807) is 4.90 Å². The molecule has 1 saturated heterocycles. The Hall–Kier alpha value is -1.53. The summed E-state index contributed by atoms with van der Waals surface area (Å²) in [5, 5.41) is 9.24. The van der Waals surface area contributed by atoms with Crippen molar-refractivity contribution in [3.05, 3.63) is 29.8 Å². The van der Waals surface area contributed by atoms with Gasteiger partial charge in [-0.1, -0.05) is 19.1 Å². The van der Waals surface area contributed by atoms with Gasteiger partial charge >= 0.3 is 0 Å². The van der Waals surface area contributed by atoms with Crippen molar-refractivity contribution < 1.29 is 4.74 Å². The Morgan fingerprint density at radius 3 is 3.06 bits per heavy atom. The van der Waals surface area contributed by atoms with Gasteiger partial charge < -0.3 is 4.74 Å². The van der Waals surface area contributed by atoms with Crippen LogP contribution < -0.4 is 4.90 Å². The number of anilines is 1. The molecule has 1 unspecified atom stereocenters. The Labute approximate surface area is 103 Å². The van der Waals surface area contributed by atoms with Crippen LogP contribution in [0.2, 0.25) is 0 Å². The maximum atomic E-state index is 9.24. The highest BCUT2D eigenvalue weighted by Gasteiger charge is 2.19. The average molecular weight is 230 g/mol. The summed E-state index contributed by atoms with van der Waals surface area (Å²) in [5.74, 6) is 0.486. The molecule has 1 aromatic rings. The summed E-state index contributed by atoms with van der Waals surface area (Å²) in [6.07, 6.45) is 4.34. The van der Waals surface area contributed by atoms with Crippen LogP contribution in [0.3, 0.4) is 0 Å². The van der Waals surface area contributed by atoms with Crippen molar-refractivity contribution in [1.82, 2.24) is 0 Å². The minimum atomic E-state index is 0.486. The topological polar surface area (TPSA) is 36.3 Å². The van der Waals surface area contributed by atoms with E-state index in [1.165, 1.54) is 5.56 Å². The van der Waals surface area contributed by atoms with E-state index < -0.39 is 0 Å². The zero-order chi connectivity index (χ0) is 12.1. The highest BCUT2D eigenvalue weighted by atomic mass is 16.5. The summed E-state index contributed by atoms with van der Waals surface area (Å²) in [6.45, 7) is 4.51. The third-order valence-electron chi connectivity index (χ3n) is 3.22. The molecule has 1 aliphatic heterocycles. The number of nitriles is 1. The highest BCUT2D eigenvalue weighted by molar-refractivity contribution is 5.52. The third-order valence-corrected chi connectivity index (χ3v) is 3.22. The van der Waals surface area contributed by atoms with Gasteiger partial charge in [-0.3, -0.25) is 4.90 Å². The lowest BCUT2D eigenvalue weighted by atomic mass is 10.1. The second-order valence-corrected chi connectivity index (χ2v) is 4.46. The first-order valence-corrected chi connectivity index (χ1v) is 6.17. The van der Waals surface area contributed by atoms with Crippen molar-refractivity contribution in [2.45, 2.75) is 19.8 Å². The van der Waals surface area contributed by atoms with E-state index in [9.17, 15) is 5.26 Å². The van der Waals surface area contributed by atoms with E-state index in [0.29, 0.717) is 5.92 Å². The molecule has 3 heteroatoms. The maximum Gasteiger partial charge on any atom is 0.184 e. The van der Waals surface area contributed by atoms with E-state index in [4.69, 9.17) is 4.74 Å². The first-order chi connectivity index (χ1) is 8.33. The van der Waals surface area contributed by atoms with Crippen molar-refractivity contribution in [2.75, 3.05) is 24.7 Å². The van der Waals surface area contributed by atoms with Crippen LogP contribution in [-0.2, 0) is 11.2 Å². The van der Waals surface area contributed by atoms with Crippen molar-refractivity contribution in [3.8, 4) is 6.19 Å². The fourth-order valence-corrected chi connectivity index (χ4v) is 2.13. The van der Waals surface area contributed by atoms with Gasteiger partial charge in [0.25, 0.3) is 0 Å². The fourth-order valence-electron chi connectivity index (χ4n) is 2.13. The second-order valence-electron chi connectivity index (χ2n) is 4.46. The molecule has 0 N–H and O–H groups in total. The summed E-state index contributed by atoms with van der Waals surface area (Å²) in [6, 6.07) is 8.21. The lowest BCUT2D eigenvalue weighted by molar-refractivity contribution is 0.187. The Kier molecular flexibility index (Phi) is 4.00. The van der Waals surface area contributed by atoms with E-state index >= 15 is 0 Å². The van der Waals surface area contributed by atoms with Crippen LogP contribution in [0.5, 0.6) is 0 Å². The number of benzene rings is 1. The predicted molar refractivity (Wildman–Crippen MR) is 67.7 cm³/mol. The Morgan fingerprint density at radius 2 is 2.41 bits per heavy atom. The van der Waals surface area contributed by atoms with Crippen molar-refractivity contribution >= 4 is 5.69 Å². The van der Waals surface area contributed by atoms with E-state index in [1.807, 2.05) is 12.1 Å². The standard InChI is InChI=1S/C14H18N2O/c1-2-12-4-3-5-14(8-12)16(11-15)9-13-6-7-17-10-13/h3-5,8,13H,2,6-7,9-10H2,1H3. The van der Waals surface area contributed by atoms with Gasteiger partial charge in [0.1, 0.15) is 0 Å². The summed E-state index contributed by atoms with van der Waals surface area (Å²) in [4.78, 5) is 1.78. The van der Waals surface area contributed by atoms with Crippen molar-refractivity contribution in [2.24, 2.45) is 5.92 Å². The van der Waals surface area contributed by atoms with Gasteiger partial charge in [0.05, 0.1) is 12.3 Å². The fraction of sp³-hybridized carbons (Fsp3) is 0.500. The van der Waals surface area contributed by atoms with Gasteiger partial charge in [-0.15, -0.1) is 0 Å². The van der Waals surface area contributed by atoms with Crippen LogP contribution in [0, 0.1) is 17.4 Å². The minimum absolute atomic E-state index is 0.486. The van der Waals surface area contributed by atoms with Crippen LogP contribution in [0.15, 0.2) is 24.3 Å². The molecule has 0 aromatic heterocycles. The summed E-state index contributed by atoms with van der Waals surface area (Å²) >= 11 is 0. The molecule has 0 saturated carbocycles. The normalized spacial score (nSPS) is 18.9. The van der Waals surface area contributed by atoms with Gasteiger partial charge in [0.15, 0.2) is 6.19 Å². The maximum absolute atomic E-state index is 9.24. The van der Waals surface area contributed by atoms with E-state index in [0.717, 1.165) is 38.3 Å². The monoisotopic (exact) mass is 230 g/mol. The molecule has 1 aromatic carbocycles. The molecular formula is C14H18N2O. The highest BCUT2D eigenvalue weighted by Crippen LogP contribution is 2.20. The van der Waals surface area contributed by atoms with Crippen LogP contribution in [-0.4, -0.2) is 19.8 Å². The number of ether oxygens (including phenoxy) is 1. The van der Waals surface area contributed by atoms with E-state index in [-0.39, 0.29) is 0 Å². The van der Waals surface area contributed by atoms with Gasteiger partial charge in [-0.2, -0.15) is 5.26 Å². The molecule has 1 atom stereocenters. The molecule has 0 amide bonds. The summed E-state index contributed by atoms with van der Waals surface area (Å²) in [5.41, 5.74) is 2.27. The Morgan fingerprint density at radius 1 is 1.53 bits per heavy atom. The number of hydrogen-bond donors (Lipinski definition) is 0. The third kappa shape index (κ3) is 2.98. The molecule has 0 aliphatic carbocycles. The van der Waals surface area contributed by atoms with Gasteiger partial charge in [0, 0.05) is 19.1 Å². The summed E-state index contributed by atoms with van der Waals surface area (Å²) < 4.78 is 5.35. The second kappa shape index (κ2) is 5.70. The number of aryl methyl sites for hydroxylation is 1. The quantitative estimate of drug-likeness (QED) is 0.589. The number of nitrogens with zero attached hydrogens (tertiary/aromatic N) is 2. The number of rotatable bonds is 4. The molecule has 1 heterocycles. The average Bonchev–Trinajstić information content (AvgIpc) is 2.89. The lowest BCUT2D eigenvalue weighted by Gasteiger charge is -2.19. The van der Waals surface area contributed by atoms with Crippen LogP contribution in [0.4, 0.5) is 5.69 Å². The molecule has 3 nitrogen and oxygen atoms in total. The van der Waals surface area contributed by atoms with Gasteiger partial charge in [-0.25, -0.2) is 0 Å². The molecule has 1 aliphatic rings. The number of hydrogen-bond acceptors (Lipinski definition) is 3. The Balaban J connectivity index is 2.08. The van der Waals surface area contributed by atoms with Gasteiger partial charge in [0.2, 0.25) is 0 Å². The molecular weight excluding hydrogens is 212 g/mol. The largest absolute Gasteiger partial charge is 0.381 e. The van der Waals surface area contributed by atoms with Crippen LogP contribution in [0.1, 0.15) is 18.9 Å². The first kappa shape index (κ1) is 11.9. The van der Waals surface area contributed by atoms with Crippen molar-refractivity contribution in [1.29, 1.82) is 5.26 Å². The molecule has 1 fully saturated rings. The first-order valence-electron chi connectivity index (χ1n) is 6.17. The van der Waals surface area contributed by atoms with Crippen molar-refractivity contribution in [3.63, 3.8) is 0 Å².